The van der Waals surface area contributed by atoms with E-state index in [0.29, 0.717) is 18.0 Å². The SMILES string of the molecule is CNCc1cc(S(=O)(=O)NCc2ccccc2C)cs1. The number of sulfonamides is 1. The lowest BCUT2D eigenvalue weighted by Crippen LogP contribution is -2.23. The fourth-order valence-corrected chi connectivity index (χ4v) is 4.13. The molecule has 0 aliphatic heterocycles. The highest BCUT2D eigenvalue weighted by atomic mass is 32.2. The highest BCUT2D eigenvalue weighted by molar-refractivity contribution is 7.89. The summed E-state index contributed by atoms with van der Waals surface area (Å²) in [5, 5.41) is 4.68. The fourth-order valence-electron chi connectivity index (χ4n) is 1.83. The molecule has 0 spiro atoms. The van der Waals surface area contributed by atoms with E-state index in [1.165, 1.54) is 11.3 Å². The van der Waals surface area contributed by atoms with Gasteiger partial charge in [0.25, 0.3) is 0 Å². The average molecular weight is 310 g/mol. The molecule has 0 bridgehead atoms. The van der Waals surface area contributed by atoms with Crippen LogP contribution in [0.2, 0.25) is 0 Å². The molecular weight excluding hydrogens is 292 g/mol. The van der Waals surface area contributed by atoms with E-state index in [1.807, 2.05) is 38.2 Å². The maximum Gasteiger partial charge on any atom is 0.241 e. The second kappa shape index (κ2) is 6.49. The van der Waals surface area contributed by atoms with Crippen LogP contribution >= 0.6 is 11.3 Å². The molecule has 20 heavy (non-hydrogen) atoms. The van der Waals surface area contributed by atoms with Crippen molar-refractivity contribution in [3.8, 4) is 0 Å². The van der Waals surface area contributed by atoms with Gasteiger partial charge in [0, 0.05) is 23.3 Å². The van der Waals surface area contributed by atoms with Crippen LogP contribution in [0.5, 0.6) is 0 Å². The van der Waals surface area contributed by atoms with Crippen molar-refractivity contribution < 1.29 is 8.42 Å². The van der Waals surface area contributed by atoms with Gasteiger partial charge < -0.3 is 5.32 Å². The van der Waals surface area contributed by atoms with Crippen LogP contribution in [0.4, 0.5) is 0 Å². The molecule has 0 fully saturated rings. The quantitative estimate of drug-likeness (QED) is 0.860. The van der Waals surface area contributed by atoms with Crippen LogP contribution in [0, 0.1) is 6.92 Å². The van der Waals surface area contributed by atoms with E-state index in [4.69, 9.17) is 0 Å². The van der Waals surface area contributed by atoms with E-state index < -0.39 is 10.0 Å². The Kier molecular flexibility index (Phi) is 4.93. The zero-order valence-corrected chi connectivity index (χ0v) is 13.1. The molecule has 0 amide bonds. The van der Waals surface area contributed by atoms with E-state index >= 15 is 0 Å². The van der Waals surface area contributed by atoms with Crippen LogP contribution in [0.3, 0.4) is 0 Å². The Morgan fingerprint density at radius 1 is 1.20 bits per heavy atom. The molecule has 0 aliphatic carbocycles. The van der Waals surface area contributed by atoms with Gasteiger partial charge in [-0.2, -0.15) is 0 Å². The predicted octanol–water partition coefficient (Wildman–Crippen LogP) is 2.25. The van der Waals surface area contributed by atoms with Crippen molar-refractivity contribution in [2.75, 3.05) is 7.05 Å². The Morgan fingerprint density at radius 3 is 2.65 bits per heavy atom. The molecule has 2 N–H and O–H groups in total. The third-order valence-corrected chi connectivity index (χ3v) is 5.47. The van der Waals surface area contributed by atoms with Crippen LogP contribution in [0.15, 0.2) is 40.6 Å². The standard InChI is InChI=1S/C14H18N2O2S2/c1-11-5-3-4-6-12(11)8-16-20(17,18)14-7-13(9-15-2)19-10-14/h3-7,10,15-16H,8-9H2,1-2H3. The third-order valence-electron chi connectivity index (χ3n) is 3.00. The molecule has 1 heterocycles. The first-order chi connectivity index (χ1) is 9.53. The van der Waals surface area contributed by atoms with E-state index in [0.717, 1.165) is 16.0 Å². The molecule has 0 unspecified atom stereocenters. The average Bonchev–Trinajstić information content (AvgIpc) is 2.88. The minimum Gasteiger partial charge on any atom is -0.315 e. The summed E-state index contributed by atoms with van der Waals surface area (Å²) in [6.07, 6.45) is 0. The van der Waals surface area contributed by atoms with Crippen LogP contribution in [0.1, 0.15) is 16.0 Å². The van der Waals surface area contributed by atoms with E-state index in [-0.39, 0.29) is 0 Å². The van der Waals surface area contributed by atoms with Gasteiger partial charge in [-0.3, -0.25) is 0 Å². The molecule has 108 valence electrons. The molecule has 6 heteroatoms. The Labute approximate surface area is 123 Å². The third kappa shape index (κ3) is 3.67. The lowest BCUT2D eigenvalue weighted by molar-refractivity contribution is 0.581. The van der Waals surface area contributed by atoms with Gasteiger partial charge in [0.2, 0.25) is 10.0 Å². The zero-order valence-electron chi connectivity index (χ0n) is 11.5. The maximum atomic E-state index is 12.2. The summed E-state index contributed by atoms with van der Waals surface area (Å²) in [5.41, 5.74) is 2.07. The van der Waals surface area contributed by atoms with E-state index in [1.54, 1.807) is 11.4 Å². The summed E-state index contributed by atoms with van der Waals surface area (Å²) in [6, 6.07) is 9.46. The van der Waals surface area contributed by atoms with Crippen molar-refractivity contribution in [3.63, 3.8) is 0 Å². The summed E-state index contributed by atoms with van der Waals surface area (Å²) < 4.78 is 27.1. The monoisotopic (exact) mass is 310 g/mol. The zero-order chi connectivity index (χ0) is 14.6. The Bertz CT molecular complexity index is 678. The fraction of sp³-hybridized carbons (Fsp3) is 0.286. The molecule has 2 aromatic rings. The minimum absolute atomic E-state index is 0.312. The van der Waals surface area contributed by atoms with Gasteiger partial charge in [-0.1, -0.05) is 24.3 Å². The Balaban J connectivity index is 2.09. The van der Waals surface area contributed by atoms with Gasteiger partial charge in [0.15, 0.2) is 0 Å². The maximum absolute atomic E-state index is 12.2. The number of aryl methyl sites for hydroxylation is 1. The minimum atomic E-state index is -3.44. The van der Waals surface area contributed by atoms with Crippen molar-refractivity contribution >= 4 is 21.4 Å². The van der Waals surface area contributed by atoms with E-state index in [9.17, 15) is 8.42 Å². The van der Waals surface area contributed by atoms with Crippen LogP contribution in [-0.2, 0) is 23.1 Å². The second-order valence-electron chi connectivity index (χ2n) is 4.53. The van der Waals surface area contributed by atoms with Crippen molar-refractivity contribution in [2.24, 2.45) is 0 Å². The molecule has 0 aliphatic rings. The number of nitrogens with one attached hydrogen (secondary N) is 2. The number of hydrogen-bond donors (Lipinski definition) is 2. The first-order valence-electron chi connectivity index (χ1n) is 6.29. The van der Waals surface area contributed by atoms with Gasteiger partial charge in [-0.25, -0.2) is 13.1 Å². The molecule has 1 aromatic heterocycles. The highest BCUT2D eigenvalue weighted by Gasteiger charge is 2.16. The Hall–Kier alpha value is -1.21. The van der Waals surface area contributed by atoms with Crippen LogP contribution < -0.4 is 10.0 Å². The predicted molar refractivity (Wildman–Crippen MR) is 82.3 cm³/mol. The number of rotatable bonds is 6. The van der Waals surface area contributed by atoms with Crippen LogP contribution in [0.25, 0.3) is 0 Å². The summed E-state index contributed by atoms with van der Waals surface area (Å²) in [6.45, 7) is 2.96. The van der Waals surface area contributed by atoms with Gasteiger partial charge in [-0.15, -0.1) is 11.3 Å². The molecule has 2 rings (SSSR count). The largest absolute Gasteiger partial charge is 0.315 e. The van der Waals surface area contributed by atoms with Gasteiger partial charge in [-0.05, 0) is 31.2 Å². The lowest BCUT2D eigenvalue weighted by atomic mass is 10.1. The van der Waals surface area contributed by atoms with Crippen LogP contribution in [-0.4, -0.2) is 15.5 Å². The summed E-state index contributed by atoms with van der Waals surface area (Å²) in [7, 11) is -1.60. The Morgan fingerprint density at radius 2 is 1.95 bits per heavy atom. The van der Waals surface area contributed by atoms with Crippen molar-refractivity contribution in [1.29, 1.82) is 0 Å². The van der Waals surface area contributed by atoms with Gasteiger partial charge in [0.05, 0.1) is 4.90 Å². The lowest BCUT2D eigenvalue weighted by Gasteiger charge is -2.07. The molecule has 4 nitrogen and oxygen atoms in total. The summed E-state index contributed by atoms with van der Waals surface area (Å²) >= 11 is 1.44. The molecule has 0 saturated carbocycles. The molecule has 0 atom stereocenters. The topological polar surface area (TPSA) is 58.2 Å². The smallest absolute Gasteiger partial charge is 0.241 e. The summed E-state index contributed by atoms with van der Waals surface area (Å²) in [5.74, 6) is 0. The molecule has 0 saturated heterocycles. The normalized spacial score (nSPS) is 11.7. The van der Waals surface area contributed by atoms with Gasteiger partial charge in [0.1, 0.15) is 0 Å². The highest BCUT2D eigenvalue weighted by Crippen LogP contribution is 2.19. The first kappa shape index (κ1) is 15.2. The number of hydrogen-bond acceptors (Lipinski definition) is 4. The van der Waals surface area contributed by atoms with Crippen molar-refractivity contribution in [1.82, 2.24) is 10.0 Å². The molecule has 0 radical (unpaired) electrons. The molecular formula is C14H18N2O2S2. The number of benzene rings is 1. The first-order valence-corrected chi connectivity index (χ1v) is 8.65. The summed E-state index contributed by atoms with van der Waals surface area (Å²) in [4.78, 5) is 1.34. The number of thiophene rings is 1. The van der Waals surface area contributed by atoms with Crippen molar-refractivity contribution in [2.45, 2.75) is 24.9 Å². The molecule has 1 aromatic carbocycles. The van der Waals surface area contributed by atoms with Gasteiger partial charge >= 0.3 is 0 Å². The van der Waals surface area contributed by atoms with Crippen molar-refractivity contribution in [3.05, 3.63) is 51.7 Å². The second-order valence-corrected chi connectivity index (χ2v) is 7.29. The van der Waals surface area contributed by atoms with E-state index in [2.05, 4.69) is 10.0 Å².